The van der Waals surface area contributed by atoms with Crippen LogP contribution in [-0.4, -0.2) is 14.7 Å². The van der Waals surface area contributed by atoms with Gasteiger partial charge in [-0.25, -0.2) is 4.79 Å². The quantitative estimate of drug-likeness (QED) is 0.858. The fraction of sp³-hybridized carbons (Fsp3) is 0.286. The van der Waals surface area contributed by atoms with Gasteiger partial charge in [-0.1, -0.05) is 29.8 Å². The fourth-order valence-electron chi connectivity index (χ4n) is 1.98. The monoisotopic (exact) mass is 260 g/mol. The lowest BCUT2D eigenvalue weighted by molar-refractivity contribution is 0.384. The number of aromatic nitrogens is 2. The molecule has 0 aliphatic rings. The molecule has 0 aliphatic heterocycles. The molecule has 0 amide bonds. The van der Waals surface area contributed by atoms with E-state index in [1.165, 1.54) is 11.5 Å². The van der Waals surface area contributed by atoms with Gasteiger partial charge < -0.3 is 5.11 Å². The van der Waals surface area contributed by atoms with Crippen LogP contribution in [0.3, 0.4) is 0 Å². The number of nitrogens with one attached hydrogen (secondary N) is 1. The summed E-state index contributed by atoms with van der Waals surface area (Å²) in [5, 5.41) is 9.99. The molecule has 2 rings (SSSR count). The van der Waals surface area contributed by atoms with Crippen molar-refractivity contribution in [2.45, 2.75) is 26.8 Å². The summed E-state index contributed by atoms with van der Waals surface area (Å²) >= 11 is 0. The van der Waals surface area contributed by atoms with Crippen molar-refractivity contribution in [2.75, 3.05) is 0 Å². The second kappa shape index (κ2) is 4.76. The first-order valence-corrected chi connectivity index (χ1v) is 6.02. The maximum atomic E-state index is 11.8. The topological polar surface area (TPSA) is 75.1 Å². The molecule has 0 fully saturated rings. The molecule has 0 saturated heterocycles. The van der Waals surface area contributed by atoms with Gasteiger partial charge >= 0.3 is 5.69 Å². The van der Waals surface area contributed by atoms with E-state index in [1.807, 2.05) is 31.2 Å². The van der Waals surface area contributed by atoms with E-state index < -0.39 is 11.2 Å². The Labute approximate surface area is 110 Å². The Bertz CT molecular complexity index is 711. The minimum Gasteiger partial charge on any atom is -0.494 e. The Hall–Kier alpha value is -2.30. The van der Waals surface area contributed by atoms with Crippen molar-refractivity contribution in [2.24, 2.45) is 0 Å². The van der Waals surface area contributed by atoms with Crippen molar-refractivity contribution < 1.29 is 5.11 Å². The van der Waals surface area contributed by atoms with Crippen molar-refractivity contribution >= 4 is 0 Å². The van der Waals surface area contributed by atoms with E-state index in [-0.39, 0.29) is 17.5 Å². The Morgan fingerprint density at radius 3 is 2.32 bits per heavy atom. The Balaban J connectivity index is 2.59. The molecule has 1 heterocycles. The zero-order valence-corrected chi connectivity index (χ0v) is 11.1. The first-order chi connectivity index (χ1) is 8.91. The Morgan fingerprint density at radius 2 is 1.74 bits per heavy atom. The molecule has 100 valence electrons. The number of H-pyrrole nitrogens is 1. The molecule has 0 spiro atoms. The number of hydrogen-bond acceptors (Lipinski definition) is 3. The SMILES string of the molecule is Cc1ccc(C(C)n2c(O)c(C)c(=O)[nH]c2=O)cc1. The van der Waals surface area contributed by atoms with Crippen molar-refractivity contribution in [1.82, 2.24) is 9.55 Å². The van der Waals surface area contributed by atoms with Gasteiger partial charge in [0.15, 0.2) is 0 Å². The van der Waals surface area contributed by atoms with Gasteiger partial charge in [0.2, 0.25) is 5.88 Å². The van der Waals surface area contributed by atoms with E-state index in [2.05, 4.69) is 4.98 Å². The van der Waals surface area contributed by atoms with Gasteiger partial charge in [-0.2, -0.15) is 0 Å². The molecule has 1 aromatic heterocycles. The molecule has 2 N–H and O–H groups in total. The van der Waals surface area contributed by atoms with Gasteiger partial charge in [0, 0.05) is 0 Å². The number of hydrogen-bond donors (Lipinski definition) is 2. The average molecular weight is 260 g/mol. The number of benzene rings is 1. The highest BCUT2D eigenvalue weighted by Gasteiger charge is 2.16. The van der Waals surface area contributed by atoms with Crippen LogP contribution >= 0.6 is 0 Å². The molecular weight excluding hydrogens is 244 g/mol. The third-order valence-electron chi connectivity index (χ3n) is 3.29. The molecule has 1 aromatic carbocycles. The van der Waals surface area contributed by atoms with Crippen LogP contribution in [-0.2, 0) is 0 Å². The van der Waals surface area contributed by atoms with Crippen molar-refractivity contribution in [1.29, 1.82) is 0 Å². The van der Waals surface area contributed by atoms with E-state index in [1.54, 1.807) is 6.92 Å². The Morgan fingerprint density at radius 1 is 1.16 bits per heavy atom. The van der Waals surface area contributed by atoms with E-state index in [0.717, 1.165) is 11.1 Å². The molecule has 19 heavy (non-hydrogen) atoms. The van der Waals surface area contributed by atoms with E-state index in [0.29, 0.717) is 0 Å². The first kappa shape index (κ1) is 13.1. The van der Waals surface area contributed by atoms with Crippen molar-refractivity contribution in [3.8, 4) is 5.88 Å². The highest BCUT2D eigenvalue weighted by molar-refractivity contribution is 5.28. The normalized spacial score (nSPS) is 12.4. The van der Waals surface area contributed by atoms with Gasteiger partial charge in [0.1, 0.15) is 0 Å². The van der Waals surface area contributed by atoms with Crippen LogP contribution in [0.1, 0.15) is 29.7 Å². The first-order valence-electron chi connectivity index (χ1n) is 6.02. The van der Waals surface area contributed by atoms with Gasteiger partial charge in [-0.05, 0) is 26.3 Å². The van der Waals surface area contributed by atoms with E-state index in [9.17, 15) is 14.7 Å². The number of aryl methyl sites for hydroxylation is 1. The summed E-state index contributed by atoms with van der Waals surface area (Å²) < 4.78 is 1.18. The number of rotatable bonds is 2. The molecular formula is C14H16N2O3. The standard InChI is InChI=1S/C14H16N2O3/c1-8-4-6-11(7-5-8)10(3)16-13(18)9(2)12(17)15-14(16)19/h4-7,10,18H,1-3H3,(H,15,17,19). The van der Waals surface area contributed by atoms with E-state index >= 15 is 0 Å². The Kier molecular flexibility index (Phi) is 3.29. The highest BCUT2D eigenvalue weighted by atomic mass is 16.3. The second-order valence-corrected chi connectivity index (χ2v) is 4.66. The molecule has 0 radical (unpaired) electrons. The minimum absolute atomic E-state index is 0.138. The molecule has 5 nitrogen and oxygen atoms in total. The molecule has 2 aromatic rings. The maximum absolute atomic E-state index is 11.8. The van der Waals surface area contributed by atoms with Gasteiger partial charge in [-0.3, -0.25) is 14.3 Å². The maximum Gasteiger partial charge on any atom is 0.331 e. The van der Waals surface area contributed by atoms with Crippen LogP contribution in [0.2, 0.25) is 0 Å². The van der Waals surface area contributed by atoms with Crippen LogP contribution < -0.4 is 11.2 Å². The van der Waals surface area contributed by atoms with Crippen LogP contribution in [0.25, 0.3) is 0 Å². The third kappa shape index (κ3) is 2.31. The minimum atomic E-state index is -0.610. The second-order valence-electron chi connectivity index (χ2n) is 4.66. The van der Waals surface area contributed by atoms with Crippen LogP contribution in [0, 0.1) is 13.8 Å². The lowest BCUT2D eigenvalue weighted by atomic mass is 10.1. The van der Waals surface area contributed by atoms with E-state index in [4.69, 9.17) is 0 Å². The molecule has 5 heteroatoms. The molecule has 1 atom stereocenters. The third-order valence-corrected chi connectivity index (χ3v) is 3.29. The average Bonchev–Trinajstić information content (AvgIpc) is 2.37. The summed E-state index contributed by atoms with van der Waals surface area (Å²) in [6.45, 7) is 5.25. The summed E-state index contributed by atoms with van der Waals surface area (Å²) in [6, 6.07) is 7.31. The van der Waals surface area contributed by atoms with Crippen LogP contribution in [0.4, 0.5) is 0 Å². The lowest BCUT2D eigenvalue weighted by Crippen LogP contribution is -2.33. The number of nitrogens with zero attached hydrogens (tertiary/aromatic N) is 1. The smallest absolute Gasteiger partial charge is 0.331 e. The zero-order valence-electron chi connectivity index (χ0n) is 11.1. The summed E-state index contributed by atoms with van der Waals surface area (Å²) in [5.41, 5.74) is 0.967. The largest absolute Gasteiger partial charge is 0.494 e. The zero-order chi connectivity index (χ0) is 14.2. The summed E-state index contributed by atoms with van der Waals surface area (Å²) in [7, 11) is 0. The highest BCUT2D eigenvalue weighted by Crippen LogP contribution is 2.21. The van der Waals surface area contributed by atoms with Crippen LogP contribution in [0.15, 0.2) is 33.9 Å². The summed E-state index contributed by atoms with van der Waals surface area (Å²) in [4.78, 5) is 25.4. The van der Waals surface area contributed by atoms with Gasteiger partial charge in [0.05, 0.1) is 11.6 Å². The molecule has 1 unspecified atom stereocenters. The fourth-order valence-corrected chi connectivity index (χ4v) is 1.98. The predicted octanol–water partition coefficient (Wildman–Crippen LogP) is 1.47. The lowest BCUT2D eigenvalue weighted by Gasteiger charge is -2.17. The van der Waals surface area contributed by atoms with Crippen molar-refractivity contribution in [3.63, 3.8) is 0 Å². The van der Waals surface area contributed by atoms with Crippen molar-refractivity contribution in [3.05, 3.63) is 61.8 Å². The molecule has 0 aliphatic carbocycles. The predicted molar refractivity (Wildman–Crippen MR) is 72.7 cm³/mol. The molecule has 0 saturated carbocycles. The number of aromatic amines is 1. The summed E-state index contributed by atoms with van der Waals surface area (Å²) in [5.74, 6) is -0.290. The van der Waals surface area contributed by atoms with Gasteiger partial charge in [-0.15, -0.1) is 0 Å². The van der Waals surface area contributed by atoms with Gasteiger partial charge in [0.25, 0.3) is 5.56 Å². The molecule has 0 bridgehead atoms. The summed E-state index contributed by atoms with van der Waals surface area (Å²) in [6.07, 6.45) is 0. The number of aromatic hydroxyl groups is 1. The van der Waals surface area contributed by atoms with Crippen LogP contribution in [0.5, 0.6) is 5.88 Å².